The van der Waals surface area contributed by atoms with Gasteiger partial charge in [-0.3, -0.25) is 0 Å². The van der Waals surface area contributed by atoms with Crippen molar-refractivity contribution in [1.29, 1.82) is 0 Å². The number of methoxy groups -OCH3 is 1. The number of hydrogen-bond donors (Lipinski definition) is 2. The van der Waals surface area contributed by atoms with Crippen LogP contribution in [0.15, 0.2) is 17.0 Å². The van der Waals surface area contributed by atoms with Crippen molar-refractivity contribution in [1.82, 2.24) is 4.72 Å². The number of aryl methyl sites for hydroxylation is 2. The first kappa shape index (κ1) is 18.3. The zero-order valence-electron chi connectivity index (χ0n) is 12.8. The van der Waals surface area contributed by atoms with Gasteiger partial charge in [0.05, 0.1) is 13.7 Å². The van der Waals surface area contributed by atoms with Crippen molar-refractivity contribution < 1.29 is 18.3 Å². The van der Waals surface area contributed by atoms with Crippen molar-refractivity contribution in [2.45, 2.75) is 31.2 Å². The van der Waals surface area contributed by atoms with Crippen LogP contribution in [0.5, 0.6) is 5.75 Å². The SMILES string of the molecule is COc1cc(C)c(C)cc1S(=O)(=O)N[C@H](CO)CCSC. The topological polar surface area (TPSA) is 75.6 Å². The molecule has 0 unspecified atom stereocenters. The minimum absolute atomic E-state index is 0.107. The molecular weight excluding hydrogens is 310 g/mol. The molecule has 1 aromatic rings. The van der Waals surface area contributed by atoms with Gasteiger partial charge in [0.2, 0.25) is 10.0 Å². The molecule has 0 spiro atoms. The number of benzene rings is 1. The summed E-state index contributed by atoms with van der Waals surface area (Å²) in [7, 11) is -2.28. The average molecular weight is 333 g/mol. The third-order valence-electron chi connectivity index (χ3n) is 3.28. The van der Waals surface area contributed by atoms with Gasteiger partial charge >= 0.3 is 0 Å². The lowest BCUT2D eigenvalue weighted by molar-refractivity contribution is 0.254. The maximum Gasteiger partial charge on any atom is 0.244 e. The Hall–Kier alpha value is -0.760. The average Bonchev–Trinajstić information content (AvgIpc) is 2.45. The lowest BCUT2D eigenvalue weighted by Gasteiger charge is -2.18. The standard InChI is InChI=1S/C14H23NO4S2/c1-10-7-13(19-3)14(8-11(10)2)21(17,18)15-12(9-16)5-6-20-4/h7-8,12,15-16H,5-6,9H2,1-4H3/t12-/m0/s1. The van der Waals surface area contributed by atoms with Gasteiger partial charge in [0, 0.05) is 6.04 Å². The molecule has 5 nitrogen and oxygen atoms in total. The van der Waals surface area contributed by atoms with E-state index in [2.05, 4.69) is 4.72 Å². The van der Waals surface area contributed by atoms with Crippen LogP contribution >= 0.6 is 11.8 Å². The van der Waals surface area contributed by atoms with Crippen molar-refractivity contribution in [3.8, 4) is 5.75 Å². The molecule has 0 saturated heterocycles. The molecule has 1 aromatic carbocycles. The molecule has 0 aliphatic rings. The van der Waals surface area contributed by atoms with Crippen LogP contribution in [0.1, 0.15) is 17.5 Å². The summed E-state index contributed by atoms with van der Waals surface area (Å²) in [6.45, 7) is 3.52. The summed E-state index contributed by atoms with van der Waals surface area (Å²) in [5.41, 5.74) is 1.84. The normalized spacial score (nSPS) is 13.2. The summed E-state index contributed by atoms with van der Waals surface area (Å²) in [5.74, 6) is 1.09. The third kappa shape index (κ3) is 4.88. The van der Waals surface area contributed by atoms with Crippen LogP contribution < -0.4 is 9.46 Å². The Bertz CT molecular complexity index is 573. The minimum atomic E-state index is -3.73. The number of hydrogen-bond acceptors (Lipinski definition) is 5. The Balaban J connectivity index is 3.09. The summed E-state index contributed by atoms with van der Waals surface area (Å²) in [5, 5.41) is 9.32. The Kier molecular flexibility index (Phi) is 6.99. The Morgan fingerprint density at radius 3 is 2.48 bits per heavy atom. The quantitative estimate of drug-likeness (QED) is 0.757. The highest BCUT2D eigenvalue weighted by molar-refractivity contribution is 7.98. The minimum Gasteiger partial charge on any atom is -0.495 e. The van der Waals surface area contributed by atoms with Crippen molar-refractivity contribution in [3.05, 3.63) is 23.3 Å². The molecule has 0 fully saturated rings. The largest absolute Gasteiger partial charge is 0.495 e. The van der Waals surface area contributed by atoms with Crippen LogP contribution in [0.3, 0.4) is 0 Å². The molecule has 2 N–H and O–H groups in total. The first-order valence-electron chi connectivity index (χ1n) is 6.63. The van der Waals surface area contributed by atoms with Crippen LogP contribution in [0.25, 0.3) is 0 Å². The van der Waals surface area contributed by atoms with Crippen molar-refractivity contribution in [2.24, 2.45) is 0 Å². The van der Waals surface area contributed by atoms with Crippen LogP contribution in [-0.2, 0) is 10.0 Å². The maximum absolute atomic E-state index is 12.5. The molecule has 1 rings (SSSR count). The van der Waals surface area contributed by atoms with Gasteiger partial charge in [0.25, 0.3) is 0 Å². The smallest absolute Gasteiger partial charge is 0.244 e. The van der Waals surface area contributed by atoms with Gasteiger partial charge in [-0.2, -0.15) is 11.8 Å². The Morgan fingerprint density at radius 1 is 1.33 bits per heavy atom. The molecule has 0 saturated carbocycles. The summed E-state index contributed by atoms with van der Waals surface area (Å²) >= 11 is 1.61. The molecule has 21 heavy (non-hydrogen) atoms. The number of rotatable bonds is 8. The number of ether oxygens (including phenoxy) is 1. The van der Waals surface area contributed by atoms with Gasteiger partial charge in [-0.05, 0) is 55.5 Å². The second-order valence-electron chi connectivity index (χ2n) is 4.87. The van der Waals surface area contributed by atoms with Gasteiger partial charge in [0.1, 0.15) is 10.6 Å². The van der Waals surface area contributed by atoms with Crippen molar-refractivity contribution in [2.75, 3.05) is 25.7 Å². The van der Waals surface area contributed by atoms with E-state index in [4.69, 9.17) is 4.74 Å². The van der Waals surface area contributed by atoms with E-state index in [-0.39, 0.29) is 11.5 Å². The van der Waals surface area contributed by atoms with Gasteiger partial charge in [-0.15, -0.1) is 0 Å². The number of sulfonamides is 1. The predicted octanol–water partition coefficient (Wildman–Crippen LogP) is 1.70. The molecule has 0 aliphatic heterocycles. The number of thioether (sulfide) groups is 1. The lowest BCUT2D eigenvalue weighted by atomic mass is 10.1. The second-order valence-corrected chi connectivity index (χ2v) is 7.54. The van der Waals surface area contributed by atoms with E-state index < -0.39 is 16.1 Å². The van der Waals surface area contributed by atoms with Crippen LogP contribution in [0.4, 0.5) is 0 Å². The van der Waals surface area contributed by atoms with Crippen LogP contribution in [0, 0.1) is 13.8 Å². The number of aliphatic hydroxyl groups is 1. The predicted molar refractivity (Wildman–Crippen MR) is 86.7 cm³/mol. The summed E-state index contributed by atoms with van der Waals surface area (Å²) in [6.07, 6.45) is 2.51. The maximum atomic E-state index is 12.5. The van der Waals surface area contributed by atoms with E-state index in [9.17, 15) is 13.5 Å². The fraction of sp³-hybridized carbons (Fsp3) is 0.571. The first-order valence-corrected chi connectivity index (χ1v) is 9.50. The van der Waals surface area contributed by atoms with E-state index in [1.165, 1.54) is 7.11 Å². The zero-order chi connectivity index (χ0) is 16.0. The van der Waals surface area contributed by atoms with E-state index >= 15 is 0 Å². The molecular formula is C14H23NO4S2. The molecule has 0 aromatic heterocycles. The molecule has 1 atom stereocenters. The summed E-state index contributed by atoms with van der Waals surface area (Å²) < 4.78 is 32.7. The third-order valence-corrected chi connectivity index (χ3v) is 5.47. The zero-order valence-corrected chi connectivity index (χ0v) is 14.5. The Morgan fingerprint density at radius 2 is 1.95 bits per heavy atom. The number of nitrogens with one attached hydrogen (secondary N) is 1. The fourth-order valence-electron chi connectivity index (χ4n) is 1.86. The highest BCUT2D eigenvalue weighted by Gasteiger charge is 2.23. The molecule has 0 bridgehead atoms. The van der Waals surface area contributed by atoms with E-state index in [1.54, 1.807) is 23.9 Å². The van der Waals surface area contributed by atoms with Gasteiger partial charge in [-0.1, -0.05) is 0 Å². The van der Waals surface area contributed by atoms with Gasteiger partial charge in [-0.25, -0.2) is 13.1 Å². The summed E-state index contributed by atoms with van der Waals surface area (Å²) in [6, 6.07) is 2.81. The van der Waals surface area contributed by atoms with Crippen molar-refractivity contribution >= 4 is 21.8 Å². The van der Waals surface area contributed by atoms with E-state index in [1.807, 2.05) is 20.1 Å². The molecule has 0 radical (unpaired) electrons. The Labute approximate surface area is 131 Å². The monoisotopic (exact) mass is 333 g/mol. The fourth-order valence-corrected chi connectivity index (χ4v) is 3.88. The molecule has 120 valence electrons. The first-order chi connectivity index (χ1) is 9.85. The molecule has 7 heteroatoms. The molecule has 0 heterocycles. The van der Waals surface area contributed by atoms with Gasteiger partial charge in [0.15, 0.2) is 0 Å². The number of aliphatic hydroxyl groups excluding tert-OH is 1. The van der Waals surface area contributed by atoms with Gasteiger partial charge < -0.3 is 9.84 Å². The van der Waals surface area contributed by atoms with E-state index in [0.717, 1.165) is 16.9 Å². The highest BCUT2D eigenvalue weighted by Crippen LogP contribution is 2.27. The lowest BCUT2D eigenvalue weighted by Crippen LogP contribution is -2.38. The highest BCUT2D eigenvalue weighted by atomic mass is 32.2. The summed E-state index contributed by atoms with van der Waals surface area (Å²) in [4.78, 5) is 0.107. The van der Waals surface area contributed by atoms with Crippen LogP contribution in [0.2, 0.25) is 0 Å². The van der Waals surface area contributed by atoms with Crippen molar-refractivity contribution in [3.63, 3.8) is 0 Å². The van der Waals surface area contributed by atoms with Crippen LogP contribution in [-0.4, -0.2) is 45.3 Å². The molecule has 0 aliphatic carbocycles. The second kappa shape index (κ2) is 8.03. The van der Waals surface area contributed by atoms with E-state index in [0.29, 0.717) is 12.2 Å². The molecule has 0 amide bonds.